The second-order valence-electron chi connectivity index (χ2n) is 5.88. The first-order valence-corrected chi connectivity index (χ1v) is 7.66. The van der Waals surface area contributed by atoms with Crippen LogP contribution in [0.5, 0.6) is 0 Å². The lowest BCUT2D eigenvalue weighted by molar-refractivity contribution is -0.00559. The van der Waals surface area contributed by atoms with Crippen LogP contribution in [0.3, 0.4) is 0 Å². The molecule has 0 aliphatic carbocycles. The molecule has 0 N–H and O–H groups in total. The first-order chi connectivity index (χ1) is 10.3. The maximum Gasteiger partial charge on any atom is 0.0944 e. The number of likely N-dealkylation sites (tertiary alicyclic amines) is 1. The number of aromatic nitrogens is 3. The Morgan fingerprint density at radius 2 is 2.10 bits per heavy atom. The molecule has 3 heterocycles. The van der Waals surface area contributed by atoms with Crippen molar-refractivity contribution in [3.8, 4) is 0 Å². The van der Waals surface area contributed by atoms with Crippen LogP contribution < -0.4 is 0 Å². The lowest BCUT2D eigenvalue weighted by atomic mass is 10.1. The minimum atomic E-state index is 0.243. The average Bonchev–Trinajstić information content (AvgIpc) is 3.10. The third kappa shape index (κ3) is 2.26. The highest BCUT2D eigenvalue weighted by molar-refractivity contribution is 5.16. The summed E-state index contributed by atoms with van der Waals surface area (Å²) >= 11 is 0. The van der Waals surface area contributed by atoms with Gasteiger partial charge in [-0.3, -0.25) is 4.90 Å². The molecule has 1 aromatic heterocycles. The van der Waals surface area contributed by atoms with Crippen molar-refractivity contribution in [1.82, 2.24) is 19.9 Å². The van der Waals surface area contributed by atoms with Gasteiger partial charge in [-0.1, -0.05) is 42.5 Å². The predicted octanol–water partition coefficient (Wildman–Crippen LogP) is 1.80. The molecular formula is C16H20N4O. The van der Waals surface area contributed by atoms with Crippen molar-refractivity contribution in [2.24, 2.45) is 0 Å². The molecule has 5 heteroatoms. The van der Waals surface area contributed by atoms with Crippen LogP contribution in [0.15, 0.2) is 30.3 Å². The Morgan fingerprint density at radius 1 is 1.24 bits per heavy atom. The quantitative estimate of drug-likeness (QED) is 0.862. The number of aryl methyl sites for hydroxylation is 1. The highest BCUT2D eigenvalue weighted by Crippen LogP contribution is 2.32. The Kier molecular flexibility index (Phi) is 3.24. The van der Waals surface area contributed by atoms with E-state index in [1.807, 2.05) is 0 Å². The maximum absolute atomic E-state index is 6.05. The lowest BCUT2D eigenvalue weighted by Gasteiger charge is -2.26. The van der Waals surface area contributed by atoms with Gasteiger partial charge in [0.15, 0.2) is 0 Å². The summed E-state index contributed by atoms with van der Waals surface area (Å²) in [5, 5.41) is 8.67. The van der Waals surface area contributed by atoms with Gasteiger partial charge >= 0.3 is 0 Å². The monoisotopic (exact) mass is 284 g/mol. The third-order valence-corrected chi connectivity index (χ3v) is 4.52. The SMILES string of the molecule is CCc1nnn2c1CO[C@H]1CN(Cc3ccccc3)C[C@@H]12. The summed E-state index contributed by atoms with van der Waals surface area (Å²) in [6.45, 7) is 5.70. The summed E-state index contributed by atoms with van der Waals surface area (Å²) in [6.07, 6.45) is 1.16. The second kappa shape index (κ2) is 5.24. The van der Waals surface area contributed by atoms with E-state index in [9.17, 15) is 0 Å². The fraction of sp³-hybridized carbons (Fsp3) is 0.500. The van der Waals surface area contributed by atoms with Gasteiger partial charge in [0.2, 0.25) is 0 Å². The molecular weight excluding hydrogens is 264 g/mol. The largest absolute Gasteiger partial charge is 0.368 e. The van der Waals surface area contributed by atoms with Gasteiger partial charge in [0.1, 0.15) is 0 Å². The van der Waals surface area contributed by atoms with Crippen LogP contribution in [0.1, 0.15) is 29.9 Å². The van der Waals surface area contributed by atoms with Crippen LogP contribution in [-0.2, 0) is 24.3 Å². The molecule has 0 radical (unpaired) electrons. The first-order valence-electron chi connectivity index (χ1n) is 7.66. The summed E-state index contributed by atoms with van der Waals surface area (Å²) in [7, 11) is 0. The van der Waals surface area contributed by atoms with Crippen molar-refractivity contribution >= 4 is 0 Å². The van der Waals surface area contributed by atoms with Gasteiger partial charge in [0, 0.05) is 19.6 Å². The number of benzene rings is 1. The molecule has 0 saturated carbocycles. The number of ether oxygens (including phenoxy) is 1. The normalized spacial score (nSPS) is 24.8. The summed E-state index contributed by atoms with van der Waals surface area (Å²) in [5.41, 5.74) is 3.60. The standard InChI is InChI=1S/C16H20N4O/c1-2-13-15-11-21-16-10-19(8-12-6-4-3-5-7-12)9-14(16)20(15)18-17-13/h3-7,14,16H,2,8-11H2,1H3/t14-,16-/m0/s1. The van der Waals surface area contributed by atoms with E-state index in [-0.39, 0.29) is 6.10 Å². The van der Waals surface area contributed by atoms with Crippen LogP contribution in [0.25, 0.3) is 0 Å². The summed E-state index contributed by atoms with van der Waals surface area (Å²) < 4.78 is 8.16. The Morgan fingerprint density at radius 3 is 2.90 bits per heavy atom. The molecule has 1 fully saturated rings. The van der Waals surface area contributed by atoms with Gasteiger partial charge in [-0.15, -0.1) is 5.10 Å². The first kappa shape index (κ1) is 13.0. The minimum Gasteiger partial charge on any atom is -0.368 e. The predicted molar refractivity (Wildman–Crippen MR) is 78.7 cm³/mol. The van der Waals surface area contributed by atoms with Gasteiger partial charge in [-0.2, -0.15) is 0 Å². The van der Waals surface area contributed by atoms with Gasteiger partial charge in [-0.05, 0) is 12.0 Å². The number of hydrogen-bond acceptors (Lipinski definition) is 4. The van der Waals surface area contributed by atoms with E-state index in [1.54, 1.807) is 0 Å². The molecule has 2 atom stereocenters. The number of hydrogen-bond donors (Lipinski definition) is 0. The van der Waals surface area contributed by atoms with Crippen LogP contribution in [0.2, 0.25) is 0 Å². The van der Waals surface area contributed by atoms with Crippen LogP contribution in [-0.4, -0.2) is 39.1 Å². The molecule has 110 valence electrons. The molecule has 0 spiro atoms. The van der Waals surface area contributed by atoms with Gasteiger partial charge in [0.05, 0.1) is 30.1 Å². The summed E-state index contributed by atoms with van der Waals surface area (Å²) in [5.74, 6) is 0. The molecule has 0 bridgehead atoms. The molecule has 5 nitrogen and oxygen atoms in total. The molecule has 0 unspecified atom stereocenters. The molecule has 0 amide bonds. The van der Waals surface area contributed by atoms with Crippen molar-refractivity contribution in [3.63, 3.8) is 0 Å². The van der Waals surface area contributed by atoms with E-state index in [0.29, 0.717) is 12.6 Å². The molecule has 2 aliphatic rings. The average molecular weight is 284 g/mol. The van der Waals surface area contributed by atoms with Crippen LogP contribution >= 0.6 is 0 Å². The second-order valence-corrected chi connectivity index (χ2v) is 5.88. The molecule has 2 aliphatic heterocycles. The van der Waals surface area contributed by atoms with E-state index in [0.717, 1.165) is 31.7 Å². The zero-order chi connectivity index (χ0) is 14.2. The van der Waals surface area contributed by atoms with Gasteiger partial charge in [0.25, 0.3) is 0 Å². The van der Waals surface area contributed by atoms with Gasteiger partial charge in [-0.25, -0.2) is 4.68 Å². The Labute approximate surface area is 124 Å². The van der Waals surface area contributed by atoms with Crippen molar-refractivity contribution in [2.45, 2.75) is 38.6 Å². The third-order valence-electron chi connectivity index (χ3n) is 4.52. The van der Waals surface area contributed by atoms with Crippen molar-refractivity contribution < 1.29 is 4.74 Å². The molecule has 21 heavy (non-hydrogen) atoms. The maximum atomic E-state index is 6.05. The zero-order valence-corrected chi connectivity index (χ0v) is 12.3. The highest BCUT2D eigenvalue weighted by atomic mass is 16.5. The number of rotatable bonds is 3. The van der Waals surface area contributed by atoms with Crippen molar-refractivity contribution in [3.05, 3.63) is 47.3 Å². The fourth-order valence-electron chi connectivity index (χ4n) is 3.42. The topological polar surface area (TPSA) is 43.2 Å². The number of nitrogens with zero attached hydrogens (tertiary/aromatic N) is 4. The van der Waals surface area contributed by atoms with Gasteiger partial charge < -0.3 is 4.74 Å². The van der Waals surface area contributed by atoms with Crippen LogP contribution in [0, 0.1) is 0 Å². The zero-order valence-electron chi connectivity index (χ0n) is 12.3. The van der Waals surface area contributed by atoms with E-state index in [1.165, 1.54) is 11.3 Å². The van der Waals surface area contributed by atoms with E-state index in [4.69, 9.17) is 4.74 Å². The van der Waals surface area contributed by atoms with Crippen LogP contribution in [0.4, 0.5) is 0 Å². The highest BCUT2D eigenvalue weighted by Gasteiger charge is 2.40. The van der Waals surface area contributed by atoms with E-state index in [2.05, 4.69) is 57.1 Å². The molecule has 1 aromatic carbocycles. The molecule has 2 aromatic rings. The summed E-state index contributed by atoms with van der Waals surface area (Å²) in [6, 6.07) is 10.9. The molecule has 1 saturated heterocycles. The van der Waals surface area contributed by atoms with Crippen molar-refractivity contribution in [1.29, 1.82) is 0 Å². The lowest BCUT2D eigenvalue weighted by Crippen LogP contribution is -2.32. The number of fused-ring (bicyclic) bond motifs is 3. The fourth-order valence-corrected chi connectivity index (χ4v) is 3.42. The minimum absolute atomic E-state index is 0.243. The van der Waals surface area contributed by atoms with Crippen molar-refractivity contribution in [2.75, 3.05) is 13.1 Å². The Balaban J connectivity index is 1.53. The Bertz CT molecular complexity index is 624. The summed E-state index contributed by atoms with van der Waals surface area (Å²) in [4.78, 5) is 2.45. The van der Waals surface area contributed by atoms with E-state index < -0.39 is 0 Å². The smallest absolute Gasteiger partial charge is 0.0944 e. The Hall–Kier alpha value is -1.72. The van der Waals surface area contributed by atoms with E-state index >= 15 is 0 Å². The molecule has 4 rings (SSSR count).